The summed E-state index contributed by atoms with van der Waals surface area (Å²) in [5.41, 5.74) is 13.3. The fraction of sp³-hybridized carbons (Fsp3) is 0.182. The van der Waals surface area contributed by atoms with Gasteiger partial charge in [0.2, 0.25) is 0 Å². The third-order valence-corrected chi connectivity index (χ3v) is 16.1. The quantitative estimate of drug-likeness (QED) is 0.178. The predicted octanol–water partition coefficient (Wildman–Crippen LogP) is 14.5. The topological polar surface area (TPSA) is 51.8 Å². The first kappa shape index (κ1) is 33.4. The first-order chi connectivity index (χ1) is 29.7. The van der Waals surface area contributed by atoms with Gasteiger partial charge in [0.15, 0.2) is 17.5 Å². The first-order valence-corrected chi connectivity index (χ1v) is 22.4. The highest BCUT2D eigenvalue weighted by molar-refractivity contribution is 7.25. The highest BCUT2D eigenvalue weighted by atomic mass is 32.1. The van der Waals surface area contributed by atoms with Gasteiger partial charge < -0.3 is 4.42 Å². The van der Waals surface area contributed by atoms with Crippen LogP contribution < -0.4 is 0 Å². The number of benzene rings is 7. The largest absolute Gasteiger partial charge is 0.456 e. The zero-order valence-electron chi connectivity index (χ0n) is 32.9. The smallest absolute Gasteiger partial charge is 0.164 e. The van der Waals surface area contributed by atoms with E-state index < -0.39 is 0 Å². The van der Waals surface area contributed by atoms with E-state index in [9.17, 15) is 0 Å². The molecule has 3 aromatic heterocycles. The molecule has 4 fully saturated rings. The molecule has 0 saturated heterocycles. The molecular formula is C55H39N3OS. The van der Waals surface area contributed by atoms with Crippen LogP contribution in [-0.4, -0.2) is 15.0 Å². The molecule has 0 atom stereocenters. The minimum Gasteiger partial charge on any atom is -0.456 e. The van der Waals surface area contributed by atoms with E-state index in [1.165, 1.54) is 90.9 Å². The fourth-order valence-electron chi connectivity index (χ4n) is 12.8. The molecule has 5 aliphatic carbocycles. The monoisotopic (exact) mass is 789 g/mol. The van der Waals surface area contributed by atoms with Crippen LogP contribution in [0.15, 0.2) is 156 Å². The molecule has 3 heterocycles. The second-order valence-electron chi connectivity index (χ2n) is 17.9. The normalized spacial score (nSPS) is 22.4. The summed E-state index contributed by atoms with van der Waals surface area (Å²) in [5.74, 6) is 5.11. The molecule has 10 aromatic rings. The standard InChI is InChI=1S/C55H39N3OS/c1-2-10-34(11-3-1)52-56-53(58-54(57-52)36-22-23-40-39-12-6-9-17-47(39)60-48(40)29-36)35-20-18-33(19-21-35)49-50-41-13-4-7-15-43(41)55(37-25-31-24-32(27-37)28-38(55)26-31)44(50)30-46-51(49)42-14-5-8-16-45(42)59-46/h1-23,29-32,37-38H,24-28H2. The minimum atomic E-state index is 0.0369. The Morgan fingerprint density at radius 3 is 1.83 bits per heavy atom. The SMILES string of the molecule is c1ccc(-c2nc(-c3ccc(-c4c5c(cc6oc7ccccc7c46)C4(c6ccccc6-5)C5CC6CC(C5)CC4C6)cc3)nc(-c3ccc4c(c3)sc3ccccc34)n2)cc1. The number of furan rings is 1. The van der Waals surface area contributed by atoms with E-state index in [0.29, 0.717) is 29.3 Å². The Balaban J connectivity index is 0.961. The van der Waals surface area contributed by atoms with E-state index in [0.717, 1.165) is 39.7 Å². The van der Waals surface area contributed by atoms with Gasteiger partial charge in [0, 0.05) is 58.6 Å². The molecule has 7 aromatic carbocycles. The molecule has 0 amide bonds. The van der Waals surface area contributed by atoms with E-state index in [1.54, 1.807) is 5.56 Å². The van der Waals surface area contributed by atoms with Crippen LogP contribution in [0.2, 0.25) is 0 Å². The lowest BCUT2D eigenvalue weighted by atomic mass is 9.43. The lowest BCUT2D eigenvalue weighted by Crippen LogP contribution is -2.55. The van der Waals surface area contributed by atoms with E-state index in [1.807, 2.05) is 29.5 Å². The predicted molar refractivity (Wildman–Crippen MR) is 245 cm³/mol. The van der Waals surface area contributed by atoms with Crippen molar-refractivity contribution in [2.75, 3.05) is 0 Å². The third kappa shape index (κ3) is 4.59. The lowest BCUT2D eigenvalue weighted by molar-refractivity contribution is -0.0399. The van der Waals surface area contributed by atoms with E-state index in [2.05, 4.69) is 133 Å². The molecule has 1 spiro atoms. The Kier molecular flexibility index (Phi) is 6.85. The molecule has 0 aliphatic heterocycles. The third-order valence-electron chi connectivity index (χ3n) is 14.9. The molecule has 286 valence electrons. The van der Waals surface area contributed by atoms with Gasteiger partial charge in [0.05, 0.1) is 0 Å². The van der Waals surface area contributed by atoms with Crippen molar-refractivity contribution in [1.29, 1.82) is 0 Å². The van der Waals surface area contributed by atoms with Crippen molar-refractivity contribution >= 4 is 53.4 Å². The number of nitrogens with zero attached hydrogens (tertiary/aromatic N) is 3. The van der Waals surface area contributed by atoms with Crippen molar-refractivity contribution in [3.05, 3.63) is 163 Å². The number of fused-ring (bicyclic) bond motifs is 9. The maximum Gasteiger partial charge on any atom is 0.164 e. The summed E-state index contributed by atoms with van der Waals surface area (Å²) in [7, 11) is 0. The van der Waals surface area contributed by atoms with Crippen LogP contribution in [0.3, 0.4) is 0 Å². The lowest BCUT2D eigenvalue weighted by Gasteiger charge is -2.61. The van der Waals surface area contributed by atoms with Gasteiger partial charge in [0.25, 0.3) is 0 Å². The van der Waals surface area contributed by atoms with Gasteiger partial charge in [-0.2, -0.15) is 0 Å². The van der Waals surface area contributed by atoms with Gasteiger partial charge in [-0.25, -0.2) is 15.0 Å². The van der Waals surface area contributed by atoms with E-state index in [-0.39, 0.29) is 5.41 Å². The first-order valence-electron chi connectivity index (χ1n) is 21.6. The highest BCUT2D eigenvalue weighted by Gasteiger charge is 2.62. The molecule has 4 bridgehead atoms. The van der Waals surface area contributed by atoms with Gasteiger partial charge in [-0.15, -0.1) is 11.3 Å². The fourth-order valence-corrected chi connectivity index (χ4v) is 13.9. The minimum absolute atomic E-state index is 0.0369. The van der Waals surface area contributed by atoms with Gasteiger partial charge in [0.1, 0.15) is 11.2 Å². The molecule has 5 aliphatic rings. The van der Waals surface area contributed by atoms with E-state index >= 15 is 0 Å². The van der Waals surface area contributed by atoms with Crippen molar-refractivity contribution in [3.63, 3.8) is 0 Å². The van der Waals surface area contributed by atoms with Gasteiger partial charge >= 0.3 is 0 Å². The van der Waals surface area contributed by atoms with Gasteiger partial charge in [-0.3, -0.25) is 0 Å². The second-order valence-corrected chi connectivity index (χ2v) is 19.0. The van der Waals surface area contributed by atoms with Crippen molar-refractivity contribution in [2.24, 2.45) is 23.7 Å². The molecule has 0 radical (unpaired) electrons. The highest BCUT2D eigenvalue weighted by Crippen LogP contribution is 2.70. The Morgan fingerprint density at radius 2 is 1.05 bits per heavy atom. The summed E-state index contributed by atoms with van der Waals surface area (Å²) in [6.07, 6.45) is 6.83. The molecular weight excluding hydrogens is 751 g/mol. The molecule has 4 saturated carbocycles. The summed E-state index contributed by atoms with van der Waals surface area (Å²) in [4.78, 5) is 15.4. The molecule has 0 unspecified atom stereocenters. The maximum absolute atomic E-state index is 6.85. The van der Waals surface area contributed by atoms with Crippen LogP contribution in [0.4, 0.5) is 0 Å². The zero-order valence-corrected chi connectivity index (χ0v) is 33.8. The molecule has 0 N–H and O–H groups in total. The Labute approximate surface area is 351 Å². The number of thiophene rings is 1. The molecule has 4 nitrogen and oxygen atoms in total. The number of hydrogen-bond acceptors (Lipinski definition) is 5. The number of hydrogen-bond donors (Lipinski definition) is 0. The Bertz CT molecular complexity index is 3370. The molecule has 60 heavy (non-hydrogen) atoms. The van der Waals surface area contributed by atoms with Crippen molar-refractivity contribution in [3.8, 4) is 56.4 Å². The average Bonchev–Trinajstić information content (AvgIpc) is 3.95. The average molecular weight is 790 g/mol. The van der Waals surface area contributed by atoms with Crippen LogP contribution in [0.25, 0.3) is 98.5 Å². The number of rotatable bonds is 4. The van der Waals surface area contributed by atoms with Gasteiger partial charge in [-0.05, 0) is 108 Å². The number of para-hydroxylation sites is 1. The molecule has 15 rings (SSSR count). The molecule has 5 heteroatoms. The van der Waals surface area contributed by atoms with Crippen molar-refractivity contribution in [1.82, 2.24) is 15.0 Å². The summed E-state index contributed by atoms with van der Waals surface area (Å²) in [6, 6.07) is 55.0. The van der Waals surface area contributed by atoms with Crippen molar-refractivity contribution < 1.29 is 4.42 Å². The summed E-state index contributed by atoms with van der Waals surface area (Å²) >= 11 is 1.81. The summed E-state index contributed by atoms with van der Waals surface area (Å²) < 4.78 is 9.36. The van der Waals surface area contributed by atoms with Crippen molar-refractivity contribution in [2.45, 2.75) is 37.5 Å². The van der Waals surface area contributed by atoms with Crippen LogP contribution in [-0.2, 0) is 5.41 Å². The number of aromatic nitrogens is 3. The summed E-state index contributed by atoms with van der Waals surface area (Å²) in [5, 5.41) is 4.92. The van der Waals surface area contributed by atoms with Crippen LogP contribution >= 0.6 is 11.3 Å². The zero-order chi connectivity index (χ0) is 39.1. The van der Waals surface area contributed by atoms with Gasteiger partial charge in [-0.1, -0.05) is 127 Å². The van der Waals surface area contributed by atoms with Crippen LogP contribution in [0, 0.1) is 23.7 Å². The Morgan fingerprint density at radius 1 is 0.450 bits per heavy atom. The van der Waals surface area contributed by atoms with E-state index in [4.69, 9.17) is 19.4 Å². The van der Waals surface area contributed by atoms with Crippen LogP contribution in [0.1, 0.15) is 43.2 Å². The van der Waals surface area contributed by atoms with Crippen LogP contribution in [0.5, 0.6) is 0 Å². The Hall–Kier alpha value is -6.43. The maximum atomic E-state index is 6.85. The second kappa shape index (κ2) is 12.3. The summed E-state index contributed by atoms with van der Waals surface area (Å²) in [6.45, 7) is 0.